The number of hydrogen-bond donors (Lipinski definition) is 2. The van der Waals surface area contributed by atoms with Crippen LogP contribution in [0.15, 0.2) is 30.3 Å². The number of rotatable bonds is 3. The lowest BCUT2D eigenvalue weighted by Crippen LogP contribution is -2.47. The van der Waals surface area contributed by atoms with E-state index >= 15 is 0 Å². The minimum Gasteiger partial charge on any atom is -0.324 e. The van der Waals surface area contributed by atoms with Crippen molar-refractivity contribution in [3.05, 3.63) is 35.9 Å². The van der Waals surface area contributed by atoms with Crippen LogP contribution in [0, 0.1) is 11.8 Å². The summed E-state index contributed by atoms with van der Waals surface area (Å²) in [5.74, 6) is 1.32. The van der Waals surface area contributed by atoms with Gasteiger partial charge in [-0.15, -0.1) is 0 Å². The normalized spacial score (nSPS) is 21.3. The first-order valence-electron chi connectivity index (χ1n) is 5.30. The standard InChI is InChI=1S/C12H18N2/c1-9(11-7-14-8-11)12(13)10-5-3-2-4-6-10/h2-6,9,11-12,14H,7-8,13H2,1H3. The summed E-state index contributed by atoms with van der Waals surface area (Å²) in [4.78, 5) is 0. The van der Waals surface area contributed by atoms with Gasteiger partial charge in [-0.3, -0.25) is 0 Å². The molecule has 2 nitrogen and oxygen atoms in total. The average Bonchev–Trinajstić information content (AvgIpc) is 2.15. The van der Waals surface area contributed by atoms with Crippen molar-refractivity contribution in [2.75, 3.05) is 13.1 Å². The van der Waals surface area contributed by atoms with Gasteiger partial charge >= 0.3 is 0 Å². The number of hydrogen-bond acceptors (Lipinski definition) is 2. The van der Waals surface area contributed by atoms with Crippen molar-refractivity contribution < 1.29 is 0 Å². The van der Waals surface area contributed by atoms with E-state index < -0.39 is 0 Å². The lowest BCUT2D eigenvalue weighted by molar-refractivity contribution is 0.219. The van der Waals surface area contributed by atoms with E-state index in [0.717, 1.165) is 19.0 Å². The second kappa shape index (κ2) is 4.11. The average molecular weight is 190 g/mol. The van der Waals surface area contributed by atoms with Gasteiger partial charge in [0.1, 0.15) is 0 Å². The van der Waals surface area contributed by atoms with Crippen LogP contribution in [0.3, 0.4) is 0 Å². The maximum absolute atomic E-state index is 6.22. The highest BCUT2D eigenvalue weighted by atomic mass is 15.0. The predicted molar refractivity (Wildman–Crippen MR) is 58.9 cm³/mol. The quantitative estimate of drug-likeness (QED) is 0.758. The lowest BCUT2D eigenvalue weighted by atomic mass is 9.81. The van der Waals surface area contributed by atoms with Crippen LogP contribution in [0.4, 0.5) is 0 Å². The zero-order valence-corrected chi connectivity index (χ0v) is 8.61. The van der Waals surface area contributed by atoms with Gasteiger partial charge in [-0.2, -0.15) is 0 Å². The largest absolute Gasteiger partial charge is 0.324 e. The van der Waals surface area contributed by atoms with Gasteiger partial charge in [-0.25, -0.2) is 0 Å². The Bertz CT molecular complexity index is 280. The van der Waals surface area contributed by atoms with Gasteiger partial charge in [-0.05, 0) is 30.5 Å². The fraction of sp³-hybridized carbons (Fsp3) is 0.500. The highest BCUT2D eigenvalue weighted by Gasteiger charge is 2.28. The molecule has 0 aromatic heterocycles. The molecule has 0 radical (unpaired) electrons. The van der Waals surface area contributed by atoms with Crippen molar-refractivity contribution in [1.82, 2.24) is 5.32 Å². The smallest absolute Gasteiger partial charge is 0.0324 e. The summed E-state index contributed by atoms with van der Waals surface area (Å²) in [5.41, 5.74) is 7.48. The Balaban J connectivity index is 2.03. The summed E-state index contributed by atoms with van der Waals surface area (Å²) < 4.78 is 0. The van der Waals surface area contributed by atoms with Crippen molar-refractivity contribution >= 4 is 0 Å². The van der Waals surface area contributed by atoms with Crippen molar-refractivity contribution in [1.29, 1.82) is 0 Å². The molecule has 1 saturated heterocycles. The molecule has 0 saturated carbocycles. The van der Waals surface area contributed by atoms with Gasteiger partial charge < -0.3 is 11.1 Å². The van der Waals surface area contributed by atoms with Crippen molar-refractivity contribution in [2.24, 2.45) is 17.6 Å². The van der Waals surface area contributed by atoms with Gasteiger partial charge in [0.2, 0.25) is 0 Å². The molecule has 2 heteroatoms. The molecule has 1 heterocycles. The van der Waals surface area contributed by atoms with Crippen LogP contribution in [0.1, 0.15) is 18.5 Å². The van der Waals surface area contributed by atoms with Gasteiger partial charge in [0.05, 0.1) is 0 Å². The van der Waals surface area contributed by atoms with Crippen molar-refractivity contribution in [3.8, 4) is 0 Å². The fourth-order valence-electron chi connectivity index (χ4n) is 1.95. The molecular weight excluding hydrogens is 172 g/mol. The Morgan fingerprint density at radius 1 is 1.29 bits per heavy atom. The maximum Gasteiger partial charge on any atom is 0.0324 e. The highest BCUT2D eigenvalue weighted by molar-refractivity contribution is 5.19. The van der Waals surface area contributed by atoms with Gasteiger partial charge in [0, 0.05) is 6.04 Å². The molecule has 0 bridgehead atoms. The third-order valence-electron chi connectivity index (χ3n) is 3.31. The molecule has 1 aliphatic heterocycles. The second-order valence-electron chi connectivity index (χ2n) is 4.21. The molecule has 1 fully saturated rings. The van der Waals surface area contributed by atoms with Crippen LogP contribution in [-0.4, -0.2) is 13.1 Å². The van der Waals surface area contributed by atoms with Crippen molar-refractivity contribution in [2.45, 2.75) is 13.0 Å². The topological polar surface area (TPSA) is 38.0 Å². The van der Waals surface area contributed by atoms with Gasteiger partial charge in [0.25, 0.3) is 0 Å². The summed E-state index contributed by atoms with van der Waals surface area (Å²) >= 11 is 0. The fourth-order valence-corrected chi connectivity index (χ4v) is 1.95. The zero-order valence-electron chi connectivity index (χ0n) is 8.61. The maximum atomic E-state index is 6.22. The summed E-state index contributed by atoms with van der Waals surface area (Å²) in [5, 5.41) is 3.29. The molecule has 0 aliphatic carbocycles. The summed E-state index contributed by atoms with van der Waals surface area (Å²) in [6, 6.07) is 10.6. The van der Waals surface area contributed by atoms with E-state index in [-0.39, 0.29) is 6.04 Å². The van der Waals surface area contributed by atoms with E-state index in [1.165, 1.54) is 5.56 Å². The Morgan fingerprint density at radius 3 is 2.43 bits per heavy atom. The molecule has 1 aromatic rings. The number of benzene rings is 1. The van der Waals surface area contributed by atoms with E-state index in [0.29, 0.717) is 5.92 Å². The third-order valence-corrected chi connectivity index (χ3v) is 3.31. The Kier molecular flexibility index (Phi) is 2.85. The molecule has 3 N–H and O–H groups in total. The van der Waals surface area contributed by atoms with Crippen LogP contribution in [0.5, 0.6) is 0 Å². The molecular formula is C12H18N2. The second-order valence-corrected chi connectivity index (χ2v) is 4.21. The molecule has 2 atom stereocenters. The van der Waals surface area contributed by atoms with Gasteiger partial charge in [0.15, 0.2) is 0 Å². The SMILES string of the molecule is CC(C1CNC1)C(N)c1ccccc1. The molecule has 0 spiro atoms. The predicted octanol–water partition coefficient (Wildman–Crippen LogP) is 1.54. The van der Waals surface area contributed by atoms with Gasteiger partial charge in [-0.1, -0.05) is 37.3 Å². The number of nitrogens with two attached hydrogens (primary N) is 1. The van der Waals surface area contributed by atoms with E-state index in [1.54, 1.807) is 0 Å². The monoisotopic (exact) mass is 190 g/mol. The minimum atomic E-state index is 0.184. The summed E-state index contributed by atoms with van der Waals surface area (Å²) in [6.45, 7) is 4.51. The first kappa shape index (κ1) is 9.69. The van der Waals surface area contributed by atoms with Crippen LogP contribution in [0.25, 0.3) is 0 Å². The van der Waals surface area contributed by atoms with E-state index in [1.807, 2.05) is 6.07 Å². The molecule has 2 unspecified atom stereocenters. The van der Waals surface area contributed by atoms with E-state index in [2.05, 4.69) is 36.5 Å². The summed E-state index contributed by atoms with van der Waals surface area (Å²) in [6.07, 6.45) is 0. The first-order chi connectivity index (χ1) is 6.79. The lowest BCUT2D eigenvalue weighted by Gasteiger charge is -2.36. The molecule has 1 aliphatic rings. The Morgan fingerprint density at radius 2 is 1.93 bits per heavy atom. The third kappa shape index (κ3) is 1.81. The van der Waals surface area contributed by atoms with E-state index in [4.69, 9.17) is 5.73 Å². The first-order valence-corrected chi connectivity index (χ1v) is 5.30. The summed E-state index contributed by atoms with van der Waals surface area (Å²) in [7, 11) is 0. The van der Waals surface area contributed by atoms with Crippen LogP contribution in [-0.2, 0) is 0 Å². The molecule has 14 heavy (non-hydrogen) atoms. The molecule has 2 rings (SSSR count). The molecule has 1 aromatic carbocycles. The van der Waals surface area contributed by atoms with Crippen molar-refractivity contribution in [3.63, 3.8) is 0 Å². The van der Waals surface area contributed by atoms with Crippen LogP contribution >= 0.6 is 0 Å². The highest BCUT2D eigenvalue weighted by Crippen LogP contribution is 2.27. The van der Waals surface area contributed by atoms with Crippen LogP contribution < -0.4 is 11.1 Å². The Hall–Kier alpha value is -0.860. The van der Waals surface area contributed by atoms with E-state index in [9.17, 15) is 0 Å². The Labute approximate surface area is 85.5 Å². The number of nitrogens with one attached hydrogen (secondary N) is 1. The minimum absolute atomic E-state index is 0.184. The van der Waals surface area contributed by atoms with Crippen LogP contribution in [0.2, 0.25) is 0 Å². The molecule has 0 amide bonds. The molecule has 76 valence electrons. The zero-order chi connectivity index (χ0) is 9.97.